The molecular weight excluding hydrogens is 304 g/mol. The third kappa shape index (κ3) is 4.09. The number of esters is 1. The van der Waals surface area contributed by atoms with Gasteiger partial charge in [-0.1, -0.05) is 0 Å². The number of hydrogen-bond donors (Lipinski definition) is 1. The Morgan fingerprint density at radius 1 is 1.12 bits per heavy atom. The lowest BCUT2D eigenvalue weighted by molar-refractivity contribution is -0.131. The lowest BCUT2D eigenvalue weighted by Gasteiger charge is -2.13. The van der Waals surface area contributed by atoms with Gasteiger partial charge in [0, 0.05) is 20.4 Å². The minimum atomic E-state index is -0.310. The number of hydrogen-bond acceptors (Lipinski definition) is 2. The summed E-state index contributed by atoms with van der Waals surface area (Å²) in [4.78, 5) is 15.5. The van der Waals surface area contributed by atoms with Crippen molar-refractivity contribution in [1.29, 1.82) is 0 Å². The van der Waals surface area contributed by atoms with Crippen LogP contribution in [-0.4, -0.2) is 54.2 Å². The quantitative estimate of drug-likeness (QED) is 0.294. The Balaban J connectivity index is 1.81. The molecule has 2 aliphatic heterocycles. The Morgan fingerprint density at radius 3 is 2.42 bits per heavy atom. The Labute approximate surface area is 142 Å². The molecule has 2 aliphatic rings. The Kier molecular flexibility index (Phi) is 5.06. The molecule has 2 saturated heterocycles. The number of carbonyl (C=O) groups excluding carboxylic acids is 1. The van der Waals surface area contributed by atoms with E-state index in [9.17, 15) is 4.79 Å². The first-order valence-corrected chi connectivity index (χ1v) is 8.58. The van der Waals surface area contributed by atoms with Gasteiger partial charge in [0.1, 0.15) is 5.75 Å². The maximum atomic E-state index is 11.0. The van der Waals surface area contributed by atoms with Crippen LogP contribution in [0.2, 0.25) is 0 Å². The zero-order valence-corrected chi connectivity index (χ0v) is 14.4. The fourth-order valence-electron chi connectivity index (χ4n) is 3.07. The predicted molar refractivity (Wildman–Crippen MR) is 96.2 cm³/mol. The second kappa shape index (κ2) is 7.41. The molecule has 0 aliphatic carbocycles. The summed E-state index contributed by atoms with van der Waals surface area (Å²) in [7, 11) is 2.10. The van der Waals surface area contributed by atoms with Gasteiger partial charge in [-0.15, -0.1) is 0 Å². The van der Waals surface area contributed by atoms with Crippen LogP contribution in [0.15, 0.2) is 24.3 Å². The third-order valence-electron chi connectivity index (χ3n) is 4.35. The molecule has 0 spiro atoms. The fourth-order valence-corrected chi connectivity index (χ4v) is 3.07. The van der Waals surface area contributed by atoms with Gasteiger partial charge >= 0.3 is 11.9 Å². The van der Waals surface area contributed by atoms with E-state index in [0.29, 0.717) is 5.75 Å². The minimum absolute atomic E-state index is 0.310. The van der Waals surface area contributed by atoms with Crippen molar-refractivity contribution < 1.29 is 9.53 Å². The van der Waals surface area contributed by atoms with E-state index in [1.807, 2.05) is 12.1 Å². The van der Waals surface area contributed by atoms with Crippen molar-refractivity contribution in [3.8, 4) is 5.75 Å². The van der Waals surface area contributed by atoms with Gasteiger partial charge in [-0.25, -0.2) is 4.67 Å². The summed E-state index contributed by atoms with van der Waals surface area (Å²) in [5, 5.41) is 3.44. The maximum Gasteiger partial charge on any atom is 0.401 e. The maximum absolute atomic E-state index is 11.0. The van der Waals surface area contributed by atoms with Crippen molar-refractivity contribution in [2.75, 3.05) is 32.0 Å². The summed E-state index contributed by atoms with van der Waals surface area (Å²) >= 11 is 0. The van der Waals surface area contributed by atoms with Gasteiger partial charge < -0.3 is 9.64 Å². The van der Waals surface area contributed by atoms with Crippen LogP contribution in [0.25, 0.3) is 0 Å². The second-order valence-corrected chi connectivity index (χ2v) is 6.31. The smallest absolute Gasteiger partial charge is 0.401 e. The molecule has 128 valence electrons. The Morgan fingerprint density at radius 2 is 1.83 bits per heavy atom. The van der Waals surface area contributed by atoms with Crippen LogP contribution in [0.5, 0.6) is 5.75 Å². The normalized spacial score (nSPS) is 17.0. The highest BCUT2D eigenvalue weighted by Crippen LogP contribution is 2.17. The van der Waals surface area contributed by atoms with Crippen LogP contribution in [-0.2, 0) is 4.79 Å². The van der Waals surface area contributed by atoms with Crippen LogP contribution in [0.3, 0.4) is 0 Å². The summed E-state index contributed by atoms with van der Waals surface area (Å²) in [6.45, 7) is 4.55. The average molecular weight is 329 g/mol. The zero-order chi connectivity index (χ0) is 16.9. The molecule has 1 N–H and O–H groups in total. The number of anilines is 1. The SMILES string of the molecule is CC(=O)Oc1ccc(NC(=[N+]=C2CCCN2C)N2CCCC2)cc1. The topological polar surface area (TPSA) is 58.9 Å². The third-order valence-corrected chi connectivity index (χ3v) is 4.35. The van der Waals surface area contributed by atoms with Crippen molar-refractivity contribution in [2.24, 2.45) is 0 Å². The molecule has 0 unspecified atom stereocenters. The minimum Gasteiger partial charge on any atom is -0.427 e. The zero-order valence-electron chi connectivity index (χ0n) is 14.4. The van der Waals surface area contributed by atoms with Crippen molar-refractivity contribution in [3.05, 3.63) is 24.3 Å². The number of likely N-dealkylation sites (tertiary alicyclic amines) is 2. The molecule has 24 heavy (non-hydrogen) atoms. The first-order valence-electron chi connectivity index (χ1n) is 8.58. The van der Waals surface area contributed by atoms with E-state index in [1.165, 1.54) is 26.2 Å². The van der Waals surface area contributed by atoms with Gasteiger partial charge in [-0.3, -0.25) is 15.0 Å². The molecule has 3 rings (SSSR count). The van der Waals surface area contributed by atoms with E-state index < -0.39 is 0 Å². The van der Waals surface area contributed by atoms with Crippen LogP contribution in [0.4, 0.5) is 5.69 Å². The number of amidine groups is 1. The highest BCUT2D eigenvalue weighted by atomic mass is 16.5. The van der Waals surface area contributed by atoms with Crippen molar-refractivity contribution in [1.82, 2.24) is 14.5 Å². The van der Waals surface area contributed by atoms with Gasteiger partial charge in [0.2, 0.25) is 0 Å². The largest absolute Gasteiger partial charge is 0.427 e. The molecule has 6 heteroatoms. The molecule has 2 heterocycles. The van der Waals surface area contributed by atoms with E-state index in [-0.39, 0.29) is 5.97 Å². The van der Waals surface area contributed by atoms with E-state index in [2.05, 4.69) is 22.2 Å². The molecule has 2 fully saturated rings. The van der Waals surface area contributed by atoms with E-state index >= 15 is 0 Å². The predicted octanol–water partition coefficient (Wildman–Crippen LogP) is 1.67. The number of nitrogens with zero attached hydrogens (tertiary/aromatic N) is 3. The number of rotatable bonds is 2. The van der Waals surface area contributed by atoms with E-state index in [4.69, 9.17) is 9.40 Å². The fraction of sp³-hybridized carbons (Fsp3) is 0.500. The first-order chi connectivity index (χ1) is 11.6. The first kappa shape index (κ1) is 16.4. The Bertz CT molecular complexity index is 656. The summed E-state index contributed by atoms with van der Waals surface area (Å²) in [6, 6.07) is 7.40. The van der Waals surface area contributed by atoms with E-state index in [1.54, 1.807) is 12.1 Å². The number of guanidine groups is 1. The van der Waals surface area contributed by atoms with Gasteiger partial charge in [0.15, 0.2) is 0 Å². The van der Waals surface area contributed by atoms with Crippen LogP contribution in [0, 0.1) is 0 Å². The lowest BCUT2D eigenvalue weighted by atomic mass is 10.3. The number of ether oxygens (including phenoxy) is 1. The standard InChI is InChI=1S/C18H24N4O2/c1-14(23)24-16-9-7-15(8-10-16)19-18(22-12-3-4-13-22)20-17-6-5-11-21(17)2/h7-10H,3-6,11-13H2,1-2H3/p+1. The van der Waals surface area contributed by atoms with Gasteiger partial charge in [-0.05, 0) is 43.5 Å². The summed E-state index contributed by atoms with van der Waals surface area (Å²) in [5.74, 6) is 2.30. The van der Waals surface area contributed by atoms with Gasteiger partial charge in [0.25, 0.3) is 5.84 Å². The number of carbonyl (C=O) groups is 1. The van der Waals surface area contributed by atoms with Crippen LogP contribution in [0.1, 0.15) is 32.6 Å². The monoisotopic (exact) mass is 329 g/mol. The van der Waals surface area contributed by atoms with Crippen LogP contribution >= 0.6 is 0 Å². The van der Waals surface area contributed by atoms with E-state index in [0.717, 1.165) is 43.5 Å². The number of benzene rings is 1. The van der Waals surface area contributed by atoms with Gasteiger partial charge in [0.05, 0.1) is 25.3 Å². The molecule has 6 nitrogen and oxygen atoms in total. The van der Waals surface area contributed by atoms with Crippen molar-refractivity contribution in [2.45, 2.75) is 32.6 Å². The van der Waals surface area contributed by atoms with Crippen molar-refractivity contribution >= 4 is 23.5 Å². The molecule has 1 aromatic rings. The molecule has 0 saturated carbocycles. The van der Waals surface area contributed by atoms with Crippen molar-refractivity contribution in [3.63, 3.8) is 0 Å². The van der Waals surface area contributed by atoms with Crippen LogP contribution < -0.4 is 14.7 Å². The molecule has 0 bridgehead atoms. The molecule has 0 atom stereocenters. The highest BCUT2D eigenvalue weighted by molar-refractivity contribution is 5.97. The molecule has 0 amide bonds. The highest BCUT2D eigenvalue weighted by Gasteiger charge is 2.25. The Hall–Kier alpha value is -2.46. The summed E-state index contributed by atoms with van der Waals surface area (Å²) < 4.78 is 9.97. The average Bonchev–Trinajstić information content (AvgIpc) is 3.20. The molecule has 1 aromatic carbocycles. The lowest BCUT2D eigenvalue weighted by Crippen LogP contribution is -2.38. The molecule has 0 aromatic heterocycles. The van der Waals surface area contributed by atoms with Gasteiger partial charge in [-0.2, -0.15) is 0 Å². The summed E-state index contributed by atoms with van der Waals surface area (Å²) in [5.41, 5.74) is 0.942. The second-order valence-electron chi connectivity index (χ2n) is 6.31. The molecular formula is C18H25N4O2+. The number of nitrogens with one attached hydrogen (secondary N) is 1. The molecule has 0 radical (unpaired) electrons. The summed E-state index contributed by atoms with van der Waals surface area (Å²) in [6.07, 6.45) is 4.61.